The smallest absolute Gasteiger partial charge is 0.233 e. The maximum Gasteiger partial charge on any atom is 0.233 e. The summed E-state index contributed by atoms with van der Waals surface area (Å²) in [4.78, 5) is 28.5. The summed E-state index contributed by atoms with van der Waals surface area (Å²) < 4.78 is 29.0. The molecule has 4 aliphatic heterocycles. The van der Waals surface area contributed by atoms with Crippen LogP contribution < -0.4 is 9.47 Å². The summed E-state index contributed by atoms with van der Waals surface area (Å²) in [6, 6.07) is 7.77. The van der Waals surface area contributed by atoms with Crippen molar-refractivity contribution in [2.75, 3.05) is 13.2 Å². The van der Waals surface area contributed by atoms with Gasteiger partial charge in [-0.05, 0) is 83.8 Å². The molecule has 0 unspecified atom stereocenters. The van der Waals surface area contributed by atoms with Gasteiger partial charge in [0.05, 0.1) is 33.3 Å². The number of ketones is 2. The number of rotatable bonds is 0. The summed E-state index contributed by atoms with van der Waals surface area (Å²) in [6.45, 7) is 8.71. The molecule has 0 fully saturated rings. The monoisotopic (exact) mass is 796 g/mol. The predicted molar refractivity (Wildman–Crippen MR) is 162 cm³/mol. The molecule has 208 valence electrons. The molecule has 0 spiro atoms. The highest BCUT2D eigenvalue weighted by Gasteiger charge is 2.60. The zero-order chi connectivity index (χ0) is 28.5. The van der Waals surface area contributed by atoms with Gasteiger partial charge in [0.1, 0.15) is 22.7 Å². The number of allylic oxidation sites excluding steroid dienone is 2. The summed E-state index contributed by atoms with van der Waals surface area (Å²) >= 11 is 14.4. The van der Waals surface area contributed by atoms with Gasteiger partial charge in [-0.15, -0.1) is 0 Å². The summed E-state index contributed by atoms with van der Waals surface area (Å²) in [5.41, 5.74) is 0.948. The second-order valence-electron chi connectivity index (χ2n) is 12.0. The molecule has 0 saturated carbocycles. The van der Waals surface area contributed by atoms with Crippen molar-refractivity contribution in [3.8, 4) is 11.5 Å². The average molecular weight is 800 g/mol. The number of hydrogen-bond donors (Lipinski definition) is 0. The lowest BCUT2D eigenvalue weighted by Gasteiger charge is -2.53. The van der Waals surface area contributed by atoms with E-state index in [1.54, 1.807) is 0 Å². The molecule has 4 heterocycles. The third-order valence-corrected chi connectivity index (χ3v) is 11.0. The minimum Gasteiger partial charge on any atom is -0.492 e. The van der Waals surface area contributed by atoms with E-state index in [0.717, 1.165) is 29.0 Å². The van der Waals surface area contributed by atoms with Crippen LogP contribution in [0.3, 0.4) is 0 Å². The molecule has 5 aliphatic rings. The van der Waals surface area contributed by atoms with Crippen LogP contribution in [0.5, 0.6) is 11.5 Å². The van der Waals surface area contributed by atoms with Crippen LogP contribution in [0.4, 0.5) is 0 Å². The number of carbonyl (C=O) groups excluding carboxylic acids is 2. The van der Waals surface area contributed by atoms with Gasteiger partial charge in [0.15, 0.2) is 11.5 Å². The normalized spacial score (nSPS) is 28.9. The Labute approximate surface area is 265 Å². The molecule has 0 saturated heterocycles. The fourth-order valence-electron chi connectivity index (χ4n) is 6.96. The second-order valence-corrected chi connectivity index (χ2v) is 15.5. The SMILES string of the molecule is CC1(C)OC2=C(C(=O)C(=O)C3=C2OC(C)(C)[C@H]2COc4c(Br)cc(Br)cc4[C@@H]32)[C@H]2c3cc(Br)cc(Br)c3OC[C@H]21. The molecule has 2 aromatic carbocycles. The molecule has 0 N–H and O–H groups in total. The van der Waals surface area contributed by atoms with E-state index in [0.29, 0.717) is 47.4 Å². The average Bonchev–Trinajstić information content (AvgIpc) is 2.86. The van der Waals surface area contributed by atoms with E-state index >= 15 is 0 Å². The standard InChI is InChI=1S/C30H24Br4O6/c1-29(2)15-9-37-25-13(5-11(31)7-17(25)33)19(15)21-23(35)24(36)22-20-14-6-12(32)8-18(34)26(14)38-10-16(20)30(3,4)40-28(22)27(21)39-29/h5-8,15-16,19-20H,9-10H2,1-4H3/t15-,16+,19+,20-. The molecule has 0 radical (unpaired) electrons. The predicted octanol–water partition coefficient (Wildman–Crippen LogP) is 7.90. The summed E-state index contributed by atoms with van der Waals surface area (Å²) in [5, 5.41) is 0. The van der Waals surface area contributed by atoms with Gasteiger partial charge < -0.3 is 18.9 Å². The van der Waals surface area contributed by atoms with Crippen LogP contribution in [0.25, 0.3) is 0 Å². The molecule has 40 heavy (non-hydrogen) atoms. The van der Waals surface area contributed by atoms with Gasteiger partial charge in [-0.1, -0.05) is 31.9 Å². The minimum absolute atomic E-state index is 0.195. The molecule has 6 nitrogen and oxygen atoms in total. The van der Waals surface area contributed by atoms with Crippen molar-refractivity contribution in [2.45, 2.75) is 50.7 Å². The number of ether oxygens (including phenoxy) is 4. The first-order valence-electron chi connectivity index (χ1n) is 13.0. The van der Waals surface area contributed by atoms with Crippen molar-refractivity contribution >= 4 is 75.3 Å². The molecular weight excluding hydrogens is 776 g/mol. The molecule has 0 bridgehead atoms. The molecule has 7 rings (SSSR count). The zero-order valence-electron chi connectivity index (χ0n) is 22.0. The van der Waals surface area contributed by atoms with Crippen molar-refractivity contribution < 1.29 is 28.5 Å². The number of Topliss-reactive ketones (excluding diaryl/α,β-unsaturated/α-hetero) is 2. The van der Waals surface area contributed by atoms with Crippen molar-refractivity contribution in [1.82, 2.24) is 0 Å². The quantitative estimate of drug-likeness (QED) is 0.200. The van der Waals surface area contributed by atoms with E-state index < -0.39 is 34.6 Å². The van der Waals surface area contributed by atoms with Crippen molar-refractivity contribution in [2.24, 2.45) is 11.8 Å². The fourth-order valence-corrected chi connectivity index (χ4v) is 9.70. The molecule has 1 aliphatic carbocycles. The number of carbonyl (C=O) groups is 2. The van der Waals surface area contributed by atoms with Crippen LogP contribution in [-0.4, -0.2) is 36.0 Å². The van der Waals surface area contributed by atoms with Gasteiger partial charge in [-0.3, -0.25) is 9.59 Å². The maximum absolute atomic E-state index is 14.3. The number of halogens is 4. The molecule has 10 heteroatoms. The zero-order valence-corrected chi connectivity index (χ0v) is 28.3. The van der Waals surface area contributed by atoms with Crippen LogP contribution in [0.1, 0.15) is 50.7 Å². The molecular formula is C30H24Br4O6. The van der Waals surface area contributed by atoms with E-state index in [1.165, 1.54) is 0 Å². The van der Waals surface area contributed by atoms with E-state index in [2.05, 4.69) is 63.7 Å². The second kappa shape index (κ2) is 8.94. The van der Waals surface area contributed by atoms with E-state index in [9.17, 15) is 9.59 Å². The lowest BCUT2D eigenvalue weighted by molar-refractivity contribution is -0.140. The molecule has 4 atom stereocenters. The highest BCUT2D eigenvalue weighted by Crippen LogP contribution is 2.60. The van der Waals surface area contributed by atoms with E-state index in [4.69, 9.17) is 18.9 Å². The van der Waals surface area contributed by atoms with E-state index in [-0.39, 0.29) is 11.8 Å². The molecule has 2 aromatic rings. The summed E-state index contributed by atoms with van der Waals surface area (Å²) in [5.74, 6) is -0.225. The lowest BCUT2D eigenvalue weighted by atomic mass is 9.63. The van der Waals surface area contributed by atoms with Crippen LogP contribution in [-0.2, 0) is 19.1 Å². The number of fused-ring (bicyclic) bond motifs is 9. The maximum atomic E-state index is 14.3. The fraction of sp³-hybridized carbons (Fsp3) is 0.400. The minimum atomic E-state index is -0.710. The molecule has 0 aromatic heterocycles. The first-order valence-corrected chi connectivity index (χ1v) is 16.2. The number of benzene rings is 2. The third-order valence-electron chi connectivity index (χ3n) is 8.89. The van der Waals surface area contributed by atoms with Gasteiger partial charge in [-0.25, -0.2) is 0 Å². The number of hydrogen-bond acceptors (Lipinski definition) is 6. The highest BCUT2D eigenvalue weighted by atomic mass is 79.9. The van der Waals surface area contributed by atoms with Crippen LogP contribution in [0.2, 0.25) is 0 Å². The van der Waals surface area contributed by atoms with Crippen molar-refractivity contribution in [3.63, 3.8) is 0 Å². The first-order chi connectivity index (χ1) is 18.8. The van der Waals surface area contributed by atoms with Crippen LogP contribution >= 0.6 is 63.7 Å². The Kier molecular flexibility index (Phi) is 6.09. The topological polar surface area (TPSA) is 71.1 Å². The Hall–Kier alpha value is -1.62. The Morgan fingerprint density at radius 2 is 1.02 bits per heavy atom. The van der Waals surface area contributed by atoms with Gasteiger partial charge in [0.25, 0.3) is 0 Å². The Bertz CT molecular complexity index is 1500. The first kappa shape index (κ1) is 27.2. The van der Waals surface area contributed by atoms with Crippen molar-refractivity contribution in [1.29, 1.82) is 0 Å². The van der Waals surface area contributed by atoms with Gasteiger partial charge in [0, 0.05) is 43.7 Å². The van der Waals surface area contributed by atoms with E-state index in [1.807, 2.05) is 52.0 Å². The van der Waals surface area contributed by atoms with Gasteiger partial charge >= 0.3 is 0 Å². The lowest BCUT2D eigenvalue weighted by Crippen LogP contribution is -2.54. The highest BCUT2D eigenvalue weighted by molar-refractivity contribution is 9.11. The Morgan fingerprint density at radius 1 is 0.650 bits per heavy atom. The van der Waals surface area contributed by atoms with Crippen LogP contribution in [0.15, 0.2) is 64.8 Å². The third kappa shape index (κ3) is 3.74. The Morgan fingerprint density at radius 3 is 1.40 bits per heavy atom. The Balaban J connectivity index is 1.52. The summed E-state index contributed by atoms with van der Waals surface area (Å²) in [6.07, 6.45) is 0. The van der Waals surface area contributed by atoms with Gasteiger partial charge in [0.2, 0.25) is 11.6 Å². The largest absolute Gasteiger partial charge is 0.492 e. The van der Waals surface area contributed by atoms with Gasteiger partial charge in [-0.2, -0.15) is 0 Å². The summed E-state index contributed by atoms with van der Waals surface area (Å²) in [7, 11) is 0. The molecule has 0 amide bonds. The van der Waals surface area contributed by atoms with Crippen LogP contribution in [0, 0.1) is 11.8 Å². The van der Waals surface area contributed by atoms with Crippen molar-refractivity contribution in [3.05, 3.63) is 75.9 Å².